The molecule has 0 bridgehead atoms. The molecule has 0 N–H and O–H groups in total. The van der Waals surface area contributed by atoms with E-state index in [1.807, 2.05) is 37.1 Å². The molecule has 2 rings (SSSR count). The van der Waals surface area contributed by atoms with Gasteiger partial charge in [-0.25, -0.2) is 9.97 Å². The van der Waals surface area contributed by atoms with Crippen LogP contribution in [0.2, 0.25) is 5.28 Å². The van der Waals surface area contributed by atoms with Gasteiger partial charge in [-0.15, -0.1) is 0 Å². The monoisotopic (exact) mass is 277 g/mol. The molecule has 0 atom stereocenters. The van der Waals surface area contributed by atoms with E-state index in [4.69, 9.17) is 16.3 Å². The summed E-state index contributed by atoms with van der Waals surface area (Å²) in [5.41, 5.74) is 2.14. The van der Waals surface area contributed by atoms with Gasteiger partial charge in [-0.05, 0) is 36.2 Å². The van der Waals surface area contributed by atoms with Crippen molar-refractivity contribution in [3.05, 3.63) is 46.9 Å². The normalized spacial score (nSPS) is 10.3. The van der Waals surface area contributed by atoms with Crippen LogP contribution in [-0.2, 0) is 6.54 Å². The quantitative estimate of drug-likeness (QED) is 0.805. The highest BCUT2D eigenvalue weighted by molar-refractivity contribution is 6.28. The Morgan fingerprint density at radius 1 is 1.37 bits per heavy atom. The number of methoxy groups -OCH3 is 1. The molecule has 5 heteroatoms. The molecule has 2 aromatic rings. The van der Waals surface area contributed by atoms with Crippen molar-refractivity contribution in [1.82, 2.24) is 9.97 Å². The lowest BCUT2D eigenvalue weighted by Crippen LogP contribution is -2.19. The number of aromatic nitrogens is 2. The van der Waals surface area contributed by atoms with Crippen molar-refractivity contribution < 1.29 is 4.74 Å². The molecule has 19 heavy (non-hydrogen) atoms. The molecule has 0 unspecified atom stereocenters. The molecule has 0 aliphatic heterocycles. The van der Waals surface area contributed by atoms with Gasteiger partial charge in [0.1, 0.15) is 11.6 Å². The Bertz CT molecular complexity index is 574. The summed E-state index contributed by atoms with van der Waals surface area (Å²) in [6, 6.07) is 7.96. The average molecular weight is 278 g/mol. The summed E-state index contributed by atoms with van der Waals surface area (Å²) >= 11 is 5.84. The number of nitrogens with zero attached hydrogens (tertiary/aromatic N) is 3. The summed E-state index contributed by atoms with van der Waals surface area (Å²) in [5, 5.41) is 0.262. The molecule has 0 aliphatic rings. The summed E-state index contributed by atoms with van der Waals surface area (Å²) in [4.78, 5) is 10.3. The molecule has 0 aliphatic carbocycles. The summed E-state index contributed by atoms with van der Waals surface area (Å²) in [5.74, 6) is 1.69. The molecule has 0 saturated carbocycles. The molecule has 4 nitrogen and oxygen atoms in total. The fraction of sp³-hybridized carbons (Fsp3) is 0.286. The van der Waals surface area contributed by atoms with Gasteiger partial charge in [-0.1, -0.05) is 12.1 Å². The zero-order valence-electron chi connectivity index (χ0n) is 11.2. The van der Waals surface area contributed by atoms with Crippen molar-refractivity contribution in [3.8, 4) is 5.75 Å². The minimum atomic E-state index is 0.262. The highest BCUT2D eigenvalue weighted by Crippen LogP contribution is 2.20. The van der Waals surface area contributed by atoms with Crippen molar-refractivity contribution in [2.24, 2.45) is 0 Å². The topological polar surface area (TPSA) is 38.2 Å². The molecule has 0 saturated heterocycles. The zero-order chi connectivity index (χ0) is 13.8. The Kier molecular flexibility index (Phi) is 4.22. The van der Waals surface area contributed by atoms with Crippen molar-refractivity contribution in [3.63, 3.8) is 0 Å². The lowest BCUT2D eigenvalue weighted by Gasteiger charge is -2.20. The molecule has 1 aromatic carbocycles. The number of hydrogen-bond donors (Lipinski definition) is 0. The smallest absolute Gasteiger partial charge is 0.224 e. The van der Waals surface area contributed by atoms with E-state index in [1.54, 1.807) is 13.3 Å². The second-order valence-electron chi connectivity index (χ2n) is 4.35. The lowest BCUT2D eigenvalue weighted by molar-refractivity contribution is 0.414. The van der Waals surface area contributed by atoms with Gasteiger partial charge < -0.3 is 9.64 Å². The number of anilines is 1. The molecule has 100 valence electrons. The van der Waals surface area contributed by atoms with Gasteiger partial charge in [0, 0.05) is 25.4 Å². The van der Waals surface area contributed by atoms with Gasteiger partial charge in [0.05, 0.1) is 7.11 Å². The van der Waals surface area contributed by atoms with Crippen LogP contribution in [-0.4, -0.2) is 24.1 Å². The summed E-state index contributed by atoms with van der Waals surface area (Å²) < 4.78 is 5.22. The first-order chi connectivity index (χ1) is 9.10. The van der Waals surface area contributed by atoms with Gasteiger partial charge in [0.25, 0.3) is 0 Å². The fourth-order valence-electron chi connectivity index (χ4n) is 1.92. The minimum absolute atomic E-state index is 0.262. The standard InChI is InChI=1S/C14H16ClN3O/c1-10-8-16-14(15)17-13(10)18(2)9-11-5-4-6-12(7-11)19-3/h4-8H,9H2,1-3H3. The van der Waals surface area contributed by atoms with Crippen LogP contribution in [0.3, 0.4) is 0 Å². The van der Waals surface area contributed by atoms with Crippen LogP contribution in [0.15, 0.2) is 30.5 Å². The molecule has 0 amide bonds. The van der Waals surface area contributed by atoms with Crippen LogP contribution in [0.25, 0.3) is 0 Å². The Balaban J connectivity index is 2.20. The van der Waals surface area contributed by atoms with Crippen LogP contribution in [0.4, 0.5) is 5.82 Å². The molecular formula is C14H16ClN3O. The SMILES string of the molecule is COc1cccc(CN(C)c2nc(Cl)ncc2C)c1. The van der Waals surface area contributed by atoms with E-state index in [0.29, 0.717) is 0 Å². The van der Waals surface area contributed by atoms with Gasteiger partial charge in [-0.3, -0.25) is 0 Å². The van der Waals surface area contributed by atoms with E-state index in [0.717, 1.165) is 29.2 Å². The second kappa shape index (κ2) is 5.89. The zero-order valence-corrected chi connectivity index (χ0v) is 12.0. The molecule has 0 spiro atoms. The molecule has 0 radical (unpaired) electrons. The summed E-state index contributed by atoms with van der Waals surface area (Å²) in [6.45, 7) is 2.69. The first kappa shape index (κ1) is 13.6. The van der Waals surface area contributed by atoms with E-state index in [-0.39, 0.29) is 5.28 Å². The largest absolute Gasteiger partial charge is 0.497 e. The lowest BCUT2D eigenvalue weighted by atomic mass is 10.2. The van der Waals surface area contributed by atoms with E-state index >= 15 is 0 Å². The van der Waals surface area contributed by atoms with Crippen molar-refractivity contribution in [2.75, 3.05) is 19.1 Å². The van der Waals surface area contributed by atoms with E-state index in [9.17, 15) is 0 Å². The Labute approximate surface area is 118 Å². The first-order valence-corrected chi connectivity index (χ1v) is 6.31. The number of ether oxygens (including phenoxy) is 1. The number of rotatable bonds is 4. The van der Waals surface area contributed by atoms with Crippen LogP contribution < -0.4 is 9.64 Å². The highest BCUT2D eigenvalue weighted by Gasteiger charge is 2.09. The third-order valence-electron chi connectivity index (χ3n) is 2.83. The van der Waals surface area contributed by atoms with Crippen LogP contribution in [0.1, 0.15) is 11.1 Å². The summed E-state index contributed by atoms with van der Waals surface area (Å²) in [6.07, 6.45) is 1.73. The van der Waals surface area contributed by atoms with Gasteiger partial charge in [0.2, 0.25) is 5.28 Å². The van der Waals surface area contributed by atoms with Gasteiger partial charge in [-0.2, -0.15) is 0 Å². The molecule has 1 heterocycles. The maximum absolute atomic E-state index is 5.84. The first-order valence-electron chi connectivity index (χ1n) is 5.93. The third-order valence-corrected chi connectivity index (χ3v) is 3.01. The van der Waals surface area contributed by atoms with Gasteiger partial charge >= 0.3 is 0 Å². The van der Waals surface area contributed by atoms with Crippen molar-refractivity contribution >= 4 is 17.4 Å². The number of hydrogen-bond acceptors (Lipinski definition) is 4. The maximum Gasteiger partial charge on any atom is 0.224 e. The number of benzene rings is 1. The molecule has 1 aromatic heterocycles. The predicted molar refractivity (Wildman–Crippen MR) is 76.9 cm³/mol. The third kappa shape index (κ3) is 3.35. The average Bonchev–Trinajstić information content (AvgIpc) is 2.41. The molecular weight excluding hydrogens is 262 g/mol. The van der Waals surface area contributed by atoms with E-state index in [1.165, 1.54) is 0 Å². The van der Waals surface area contributed by atoms with Crippen LogP contribution in [0, 0.1) is 6.92 Å². The molecule has 0 fully saturated rings. The number of aryl methyl sites for hydroxylation is 1. The number of halogens is 1. The van der Waals surface area contributed by atoms with Crippen molar-refractivity contribution in [1.29, 1.82) is 0 Å². The maximum atomic E-state index is 5.84. The predicted octanol–water partition coefficient (Wildman–Crippen LogP) is 3.08. The Morgan fingerprint density at radius 2 is 2.16 bits per heavy atom. The minimum Gasteiger partial charge on any atom is -0.497 e. The highest BCUT2D eigenvalue weighted by atomic mass is 35.5. The Hall–Kier alpha value is -1.81. The van der Waals surface area contributed by atoms with E-state index in [2.05, 4.69) is 16.0 Å². The van der Waals surface area contributed by atoms with E-state index < -0.39 is 0 Å². The van der Waals surface area contributed by atoms with Gasteiger partial charge in [0.15, 0.2) is 0 Å². The summed E-state index contributed by atoms with van der Waals surface area (Å²) in [7, 11) is 3.64. The fourth-order valence-corrected chi connectivity index (χ4v) is 2.05. The van der Waals surface area contributed by atoms with Crippen LogP contribution in [0.5, 0.6) is 5.75 Å². The van der Waals surface area contributed by atoms with Crippen molar-refractivity contribution in [2.45, 2.75) is 13.5 Å². The second-order valence-corrected chi connectivity index (χ2v) is 4.69. The Morgan fingerprint density at radius 3 is 2.89 bits per heavy atom. The van der Waals surface area contributed by atoms with Crippen LogP contribution >= 0.6 is 11.6 Å².